The number of hydrogen-bond acceptors (Lipinski definition) is 7. The maximum Gasteiger partial charge on any atom is 0.342 e. The van der Waals surface area contributed by atoms with Crippen LogP contribution in [0.15, 0.2) is 53.9 Å². The van der Waals surface area contributed by atoms with Gasteiger partial charge in [0.2, 0.25) is 5.91 Å². The van der Waals surface area contributed by atoms with Gasteiger partial charge in [0.25, 0.3) is 5.91 Å². The Morgan fingerprint density at radius 2 is 1.84 bits per heavy atom. The zero-order chi connectivity index (χ0) is 22.2. The lowest BCUT2D eigenvalue weighted by molar-refractivity contribution is -0.120. The molecule has 3 N–H and O–H groups in total. The van der Waals surface area contributed by atoms with E-state index < -0.39 is 11.9 Å². The van der Waals surface area contributed by atoms with Crippen LogP contribution >= 0.6 is 11.3 Å². The molecule has 31 heavy (non-hydrogen) atoms. The number of primary amides is 1. The molecule has 0 spiro atoms. The van der Waals surface area contributed by atoms with Gasteiger partial charge in [0.05, 0.1) is 12.1 Å². The minimum absolute atomic E-state index is 0.0565. The first-order valence-corrected chi connectivity index (χ1v) is 10.3. The zero-order valence-corrected chi connectivity index (χ0v) is 17.6. The van der Waals surface area contributed by atoms with Gasteiger partial charge in [-0.25, -0.2) is 9.78 Å². The topological polar surface area (TPSA) is 121 Å². The van der Waals surface area contributed by atoms with E-state index in [1.54, 1.807) is 23.6 Å². The first-order valence-electron chi connectivity index (χ1n) is 9.38. The lowest BCUT2D eigenvalue weighted by atomic mass is 10.2. The van der Waals surface area contributed by atoms with Crippen molar-refractivity contribution in [2.75, 3.05) is 11.9 Å². The molecule has 1 aromatic heterocycles. The van der Waals surface area contributed by atoms with Crippen LogP contribution in [0.1, 0.15) is 26.6 Å². The quantitative estimate of drug-likeness (QED) is 0.495. The summed E-state index contributed by atoms with van der Waals surface area (Å²) in [6.45, 7) is 1.58. The Hall–Kier alpha value is -3.72. The minimum Gasteiger partial charge on any atom is -0.483 e. The van der Waals surface area contributed by atoms with Crippen molar-refractivity contribution >= 4 is 34.8 Å². The molecule has 0 aliphatic rings. The molecule has 8 nitrogen and oxygen atoms in total. The summed E-state index contributed by atoms with van der Waals surface area (Å²) in [6.07, 6.45) is 0.121. The molecule has 2 aromatic carbocycles. The van der Waals surface area contributed by atoms with Gasteiger partial charge in [-0.15, -0.1) is 11.3 Å². The van der Waals surface area contributed by atoms with Crippen molar-refractivity contribution in [1.29, 1.82) is 0 Å². The lowest BCUT2D eigenvalue weighted by Gasteiger charge is -2.09. The number of carbonyl (C=O) groups excluding carboxylic acids is 3. The van der Waals surface area contributed by atoms with Crippen molar-refractivity contribution in [3.8, 4) is 5.75 Å². The van der Waals surface area contributed by atoms with E-state index in [1.165, 1.54) is 17.4 Å². The Morgan fingerprint density at radius 3 is 2.58 bits per heavy atom. The fourth-order valence-electron chi connectivity index (χ4n) is 2.60. The van der Waals surface area contributed by atoms with Crippen molar-refractivity contribution in [2.45, 2.75) is 20.0 Å². The fraction of sp³-hybridized carbons (Fsp3) is 0.182. The molecule has 0 aliphatic heterocycles. The predicted molar refractivity (Wildman–Crippen MR) is 116 cm³/mol. The van der Waals surface area contributed by atoms with Crippen LogP contribution in [-0.2, 0) is 27.4 Å². The largest absolute Gasteiger partial charge is 0.483 e. The van der Waals surface area contributed by atoms with Gasteiger partial charge in [-0.3, -0.25) is 9.59 Å². The van der Waals surface area contributed by atoms with E-state index in [4.69, 9.17) is 15.2 Å². The van der Waals surface area contributed by atoms with Crippen LogP contribution < -0.4 is 15.8 Å². The number of rotatable bonds is 9. The average molecular weight is 439 g/mol. The van der Waals surface area contributed by atoms with Crippen molar-refractivity contribution in [2.24, 2.45) is 5.73 Å². The first-order chi connectivity index (χ1) is 14.9. The van der Waals surface area contributed by atoms with Crippen molar-refractivity contribution < 1.29 is 23.9 Å². The molecule has 0 saturated carbocycles. The van der Waals surface area contributed by atoms with E-state index in [-0.39, 0.29) is 36.9 Å². The third kappa shape index (κ3) is 6.65. The molecular formula is C22H21N3O5S. The molecule has 0 saturated heterocycles. The number of hydrogen-bond donors (Lipinski definition) is 2. The standard InChI is InChI=1S/C22H21N3O5S/c1-14-6-8-15(9-7-14)24-20(27)10-21-25-16(13-31-21)11-30-22(28)17-4-2-3-5-18(17)29-12-19(23)26/h2-9,13H,10-12H2,1H3,(H2,23,26)(H,24,27). The summed E-state index contributed by atoms with van der Waals surface area (Å²) in [6, 6.07) is 13.9. The van der Waals surface area contributed by atoms with Crippen molar-refractivity contribution in [3.05, 3.63) is 75.7 Å². The van der Waals surface area contributed by atoms with E-state index in [0.29, 0.717) is 10.7 Å². The Kier molecular flexibility index (Phi) is 7.34. The van der Waals surface area contributed by atoms with Crippen LogP contribution in [0, 0.1) is 6.92 Å². The van der Waals surface area contributed by atoms with E-state index in [1.807, 2.05) is 31.2 Å². The SMILES string of the molecule is Cc1ccc(NC(=O)Cc2nc(COC(=O)c3ccccc3OCC(N)=O)cs2)cc1. The van der Waals surface area contributed by atoms with Crippen LogP contribution in [0.4, 0.5) is 5.69 Å². The van der Waals surface area contributed by atoms with E-state index in [9.17, 15) is 14.4 Å². The number of para-hydroxylation sites is 1. The molecule has 0 atom stereocenters. The number of aromatic nitrogens is 1. The summed E-state index contributed by atoms with van der Waals surface area (Å²) < 4.78 is 10.5. The fourth-order valence-corrected chi connectivity index (χ4v) is 3.38. The summed E-state index contributed by atoms with van der Waals surface area (Å²) in [5.41, 5.74) is 7.61. The number of ether oxygens (including phenoxy) is 2. The second-order valence-corrected chi connectivity index (χ2v) is 7.59. The summed E-state index contributed by atoms with van der Waals surface area (Å²) in [7, 11) is 0. The summed E-state index contributed by atoms with van der Waals surface area (Å²) in [4.78, 5) is 39.8. The van der Waals surface area contributed by atoms with Crippen LogP contribution in [0.2, 0.25) is 0 Å². The molecule has 160 valence electrons. The Labute approximate surface area is 183 Å². The minimum atomic E-state index is -0.649. The van der Waals surface area contributed by atoms with Crippen molar-refractivity contribution in [3.63, 3.8) is 0 Å². The van der Waals surface area contributed by atoms with Gasteiger partial charge < -0.3 is 20.5 Å². The van der Waals surface area contributed by atoms with Crippen LogP contribution in [0.25, 0.3) is 0 Å². The van der Waals surface area contributed by atoms with Crippen LogP contribution in [-0.4, -0.2) is 29.4 Å². The third-order valence-electron chi connectivity index (χ3n) is 4.07. The number of amides is 2. The molecule has 9 heteroatoms. The highest BCUT2D eigenvalue weighted by atomic mass is 32.1. The second-order valence-electron chi connectivity index (χ2n) is 6.65. The number of esters is 1. The van der Waals surface area contributed by atoms with Crippen LogP contribution in [0.5, 0.6) is 5.75 Å². The van der Waals surface area contributed by atoms with Gasteiger partial charge >= 0.3 is 5.97 Å². The van der Waals surface area contributed by atoms with Gasteiger partial charge in [0, 0.05) is 11.1 Å². The lowest BCUT2D eigenvalue weighted by Crippen LogP contribution is -2.21. The molecule has 3 rings (SSSR count). The Balaban J connectivity index is 1.53. The first kappa shape index (κ1) is 22.0. The Bertz CT molecular complexity index is 1080. The molecule has 0 aliphatic carbocycles. The number of benzene rings is 2. The third-order valence-corrected chi connectivity index (χ3v) is 4.97. The van der Waals surface area contributed by atoms with Crippen LogP contribution in [0.3, 0.4) is 0 Å². The normalized spacial score (nSPS) is 10.4. The highest BCUT2D eigenvalue weighted by molar-refractivity contribution is 7.09. The molecule has 0 fully saturated rings. The molecule has 2 amide bonds. The second kappa shape index (κ2) is 10.4. The summed E-state index contributed by atoms with van der Waals surface area (Å²) in [5.74, 6) is -1.24. The van der Waals surface area contributed by atoms with Gasteiger partial charge in [-0.05, 0) is 31.2 Å². The molecule has 0 radical (unpaired) electrons. The summed E-state index contributed by atoms with van der Waals surface area (Å²) in [5, 5.41) is 5.17. The van der Waals surface area contributed by atoms with E-state index in [2.05, 4.69) is 10.3 Å². The molecule has 1 heterocycles. The van der Waals surface area contributed by atoms with Gasteiger partial charge in [-0.1, -0.05) is 29.8 Å². The monoisotopic (exact) mass is 439 g/mol. The van der Waals surface area contributed by atoms with Gasteiger partial charge in [0.1, 0.15) is 22.9 Å². The average Bonchev–Trinajstić information content (AvgIpc) is 3.19. The van der Waals surface area contributed by atoms with Crippen molar-refractivity contribution in [1.82, 2.24) is 4.98 Å². The number of aryl methyl sites for hydroxylation is 1. The molecular weight excluding hydrogens is 418 g/mol. The number of nitrogens with one attached hydrogen (secondary N) is 1. The maximum atomic E-state index is 12.4. The summed E-state index contributed by atoms with van der Waals surface area (Å²) >= 11 is 1.31. The highest BCUT2D eigenvalue weighted by Gasteiger charge is 2.15. The van der Waals surface area contributed by atoms with Gasteiger partial charge in [-0.2, -0.15) is 0 Å². The number of thiazole rings is 1. The van der Waals surface area contributed by atoms with Gasteiger partial charge in [0.15, 0.2) is 6.61 Å². The zero-order valence-electron chi connectivity index (χ0n) is 16.8. The number of nitrogens with two attached hydrogens (primary N) is 1. The predicted octanol–water partition coefficient (Wildman–Crippen LogP) is 2.85. The number of nitrogens with zero attached hydrogens (tertiary/aromatic N) is 1. The highest BCUT2D eigenvalue weighted by Crippen LogP contribution is 2.20. The smallest absolute Gasteiger partial charge is 0.342 e. The molecule has 3 aromatic rings. The molecule has 0 unspecified atom stereocenters. The molecule has 0 bridgehead atoms. The Morgan fingerprint density at radius 1 is 1.10 bits per heavy atom. The van der Waals surface area contributed by atoms with E-state index in [0.717, 1.165) is 11.3 Å². The van der Waals surface area contributed by atoms with E-state index >= 15 is 0 Å². The number of carbonyl (C=O) groups is 3. The number of anilines is 1. The maximum absolute atomic E-state index is 12.4.